The number of nitrogens with two attached hydrogens (primary N) is 1. The van der Waals surface area contributed by atoms with Crippen LogP contribution in [0.4, 0.5) is 11.5 Å². The third-order valence-corrected chi connectivity index (χ3v) is 6.63. The van der Waals surface area contributed by atoms with Gasteiger partial charge in [0.25, 0.3) is 11.8 Å². The molecule has 0 saturated carbocycles. The molecule has 2 amide bonds. The summed E-state index contributed by atoms with van der Waals surface area (Å²) in [7, 11) is 1.41. The first kappa shape index (κ1) is 26.2. The summed E-state index contributed by atoms with van der Waals surface area (Å²) in [6.45, 7) is 1.84. The summed E-state index contributed by atoms with van der Waals surface area (Å²) in [6.07, 6.45) is 2.24. The zero-order chi connectivity index (χ0) is 24.7. The number of carbonyl (C=O) groups excluding carboxylic acids is 2. The maximum Gasteiger partial charge on any atom is 0.267 e. The summed E-state index contributed by atoms with van der Waals surface area (Å²) in [6, 6.07) is 6.06. The molecule has 0 aliphatic heterocycles. The molecular formula is C22H22Cl3N5O3S. The monoisotopic (exact) mass is 541 g/mol. The van der Waals surface area contributed by atoms with E-state index in [1.165, 1.54) is 36.8 Å². The van der Waals surface area contributed by atoms with E-state index in [0.717, 1.165) is 18.5 Å². The molecule has 3 rings (SSSR count). The summed E-state index contributed by atoms with van der Waals surface area (Å²) in [5, 5.41) is 11.5. The van der Waals surface area contributed by atoms with Crippen molar-refractivity contribution in [3.8, 4) is 5.75 Å². The summed E-state index contributed by atoms with van der Waals surface area (Å²) in [5.41, 5.74) is 6.53. The number of nitrogens with zero attached hydrogens (tertiary/aromatic N) is 1. The molecule has 2 aromatic heterocycles. The number of carbonyl (C=O) groups is 2. The van der Waals surface area contributed by atoms with E-state index in [1.807, 2.05) is 5.38 Å². The number of thiophene rings is 1. The van der Waals surface area contributed by atoms with Crippen molar-refractivity contribution in [3.05, 3.63) is 66.9 Å². The number of methoxy groups -OCH3 is 1. The molecule has 0 atom stereocenters. The highest BCUT2D eigenvalue weighted by Crippen LogP contribution is 2.35. The van der Waals surface area contributed by atoms with Gasteiger partial charge in [-0.25, -0.2) is 4.98 Å². The van der Waals surface area contributed by atoms with Crippen LogP contribution < -0.4 is 26.4 Å². The fraction of sp³-hybridized carbons (Fsp3) is 0.227. The highest BCUT2D eigenvalue weighted by atomic mass is 35.5. The zero-order valence-electron chi connectivity index (χ0n) is 18.1. The Morgan fingerprint density at radius 3 is 2.59 bits per heavy atom. The van der Waals surface area contributed by atoms with Crippen LogP contribution in [-0.4, -0.2) is 37.0 Å². The van der Waals surface area contributed by atoms with Gasteiger partial charge in [-0.05, 0) is 48.7 Å². The number of rotatable bonds is 10. The highest BCUT2D eigenvalue weighted by Gasteiger charge is 2.23. The molecule has 0 fully saturated rings. The van der Waals surface area contributed by atoms with Crippen LogP contribution in [0.1, 0.15) is 32.0 Å². The van der Waals surface area contributed by atoms with Crippen molar-refractivity contribution in [2.45, 2.75) is 13.0 Å². The van der Waals surface area contributed by atoms with Gasteiger partial charge in [-0.15, -0.1) is 11.3 Å². The van der Waals surface area contributed by atoms with E-state index < -0.39 is 11.8 Å². The van der Waals surface area contributed by atoms with Gasteiger partial charge < -0.3 is 26.4 Å². The van der Waals surface area contributed by atoms with Crippen molar-refractivity contribution in [2.75, 3.05) is 30.8 Å². The van der Waals surface area contributed by atoms with Gasteiger partial charge in [0.05, 0.1) is 28.4 Å². The molecular weight excluding hydrogens is 521 g/mol. The molecule has 3 aromatic rings. The van der Waals surface area contributed by atoms with E-state index >= 15 is 0 Å². The fourth-order valence-corrected chi connectivity index (χ4v) is 4.54. The van der Waals surface area contributed by atoms with Gasteiger partial charge in [0.1, 0.15) is 16.4 Å². The maximum atomic E-state index is 13.1. The van der Waals surface area contributed by atoms with Crippen molar-refractivity contribution < 1.29 is 14.3 Å². The minimum atomic E-state index is -0.548. The van der Waals surface area contributed by atoms with Crippen molar-refractivity contribution in [1.82, 2.24) is 10.3 Å². The van der Waals surface area contributed by atoms with Crippen molar-refractivity contribution in [2.24, 2.45) is 5.73 Å². The SMILES string of the molecule is COc1cc(Cl)cc(C(=O)Nc2ccc(Cl)cn2)c1NC(=O)c1scc(CNCCCN)c1Cl. The molecule has 1 aromatic carbocycles. The molecule has 0 saturated heterocycles. The molecule has 180 valence electrons. The number of halogens is 3. The maximum absolute atomic E-state index is 13.1. The third kappa shape index (κ3) is 6.59. The van der Waals surface area contributed by atoms with Crippen LogP contribution in [0.3, 0.4) is 0 Å². The van der Waals surface area contributed by atoms with Crippen LogP contribution in [0.15, 0.2) is 35.8 Å². The topological polar surface area (TPSA) is 118 Å². The van der Waals surface area contributed by atoms with E-state index in [9.17, 15) is 9.59 Å². The first-order chi connectivity index (χ1) is 16.3. The Morgan fingerprint density at radius 1 is 1.12 bits per heavy atom. The number of nitrogens with one attached hydrogen (secondary N) is 3. The highest BCUT2D eigenvalue weighted by molar-refractivity contribution is 7.13. The Morgan fingerprint density at radius 2 is 1.91 bits per heavy atom. The third-order valence-electron chi connectivity index (χ3n) is 4.62. The summed E-state index contributed by atoms with van der Waals surface area (Å²) < 4.78 is 5.37. The quantitative estimate of drug-likeness (QED) is 0.266. The molecule has 2 heterocycles. The average molecular weight is 543 g/mol. The Balaban J connectivity index is 1.85. The van der Waals surface area contributed by atoms with E-state index in [1.54, 1.807) is 12.1 Å². The van der Waals surface area contributed by atoms with Crippen molar-refractivity contribution >= 4 is 69.5 Å². The Labute approximate surface area is 215 Å². The number of hydrogen-bond acceptors (Lipinski definition) is 7. The lowest BCUT2D eigenvalue weighted by Gasteiger charge is -2.15. The fourth-order valence-electron chi connectivity index (χ4n) is 2.96. The van der Waals surface area contributed by atoms with E-state index in [2.05, 4.69) is 20.9 Å². The molecule has 0 radical (unpaired) electrons. The van der Waals surface area contributed by atoms with E-state index in [-0.39, 0.29) is 27.8 Å². The first-order valence-corrected chi connectivity index (χ1v) is 12.1. The first-order valence-electron chi connectivity index (χ1n) is 10.1. The number of ether oxygens (including phenoxy) is 1. The standard InChI is InChI=1S/C22H22Cl3N5O3S/c1-33-16-8-14(24)7-15(21(31)29-17-4-3-13(23)10-28-17)19(16)30-22(32)20-18(25)12(11-34-20)9-27-6-2-5-26/h3-4,7-8,10-11,27H,2,5-6,9,26H2,1H3,(H,30,32)(H,28,29,31). The minimum absolute atomic E-state index is 0.0887. The Hall–Kier alpha value is -2.40. The molecule has 0 spiro atoms. The van der Waals surface area contributed by atoms with Gasteiger partial charge in [-0.1, -0.05) is 34.8 Å². The smallest absolute Gasteiger partial charge is 0.267 e. The Bertz CT molecular complexity index is 1170. The van der Waals surface area contributed by atoms with Gasteiger partial charge in [-0.3, -0.25) is 9.59 Å². The zero-order valence-corrected chi connectivity index (χ0v) is 21.2. The second kappa shape index (κ2) is 12.3. The van der Waals surface area contributed by atoms with Crippen molar-refractivity contribution in [3.63, 3.8) is 0 Å². The predicted octanol–water partition coefficient (Wildman–Crippen LogP) is 5.05. The number of aromatic nitrogens is 1. The number of anilines is 2. The minimum Gasteiger partial charge on any atom is -0.494 e. The largest absolute Gasteiger partial charge is 0.494 e. The molecule has 0 aliphatic rings. The molecule has 12 heteroatoms. The number of benzene rings is 1. The van der Waals surface area contributed by atoms with E-state index in [0.29, 0.717) is 28.0 Å². The van der Waals surface area contributed by atoms with E-state index in [4.69, 9.17) is 45.3 Å². The second-order valence-electron chi connectivity index (χ2n) is 7.02. The lowest BCUT2D eigenvalue weighted by molar-refractivity contribution is 0.102. The number of amides is 2. The second-order valence-corrected chi connectivity index (χ2v) is 9.15. The van der Waals surface area contributed by atoms with Gasteiger partial charge in [0.2, 0.25) is 0 Å². The number of pyridine rings is 1. The molecule has 0 aliphatic carbocycles. The normalized spacial score (nSPS) is 10.7. The molecule has 0 bridgehead atoms. The average Bonchev–Trinajstić information content (AvgIpc) is 3.19. The molecule has 8 nitrogen and oxygen atoms in total. The van der Waals surface area contributed by atoms with Crippen LogP contribution >= 0.6 is 46.1 Å². The van der Waals surface area contributed by atoms with Gasteiger partial charge in [0.15, 0.2) is 0 Å². The molecule has 5 N–H and O–H groups in total. The lowest BCUT2D eigenvalue weighted by atomic mass is 10.1. The van der Waals surface area contributed by atoms with Gasteiger partial charge >= 0.3 is 0 Å². The lowest BCUT2D eigenvalue weighted by Crippen LogP contribution is -2.19. The Kier molecular flexibility index (Phi) is 9.52. The van der Waals surface area contributed by atoms with Crippen LogP contribution in [0.25, 0.3) is 0 Å². The predicted molar refractivity (Wildman–Crippen MR) is 138 cm³/mol. The van der Waals surface area contributed by atoms with Crippen LogP contribution in [0.2, 0.25) is 15.1 Å². The molecule has 0 unspecified atom stereocenters. The van der Waals surface area contributed by atoms with Crippen LogP contribution in [-0.2, 0) is 6.54 Å². The number of hydrogen-bond donors (Lipinski definition) is 4. The summed E-state index contributed by atoms with van der Waals surface area (Å²) in [5.74, 6) is -0.541. The van der Waals surface area contributed by atoms with Gasteiger partial charge in [0, 0.05) is 23.8 Å². The van der Waals surface area contributed by atoms with Crippen LogP contribution in [0, 0.1) is 0 Å². The summed E-state index contributed by atoms with van der Waals surface area (Å²) >= 11 is 19.7. The van der Waals surface area contributed by atoms with Crippen LogP contribution in [0.5, 0.6) is 5.75 Å². The summed E-state index contributed by atoms with van der Waals surface area (Å²) in [4.78, 5) is 30.4. The van der Waals surface area contributed by atoms with Gasteiger partial charge in [-0.2, -0.15) is 0 Å². The molecule has 34 heavy (non-hydrogen) atoms. The van der Waals surface area contributed by atoms with Crippen molar-refractivity contribution in [1.29, 1.82) is 0 Å².